The van der Waals surface area contributed by atoms with Gasteiger partial charge in [0.15, 0.2) is 11.5 Å². The summed E-state index contributed by atoms with van der Waals surface area (Å²) in [6.07, 6.45) is 5.05. The number of halogens is 2. The molecule has 29 heavy (non-hydrogen) atoms. The Morgan fingerprint density at radius 3 is 2.76 bits per heavy atom. The van der Waals surface area contributed by atoms with Gasteiger partial charge in [-0.25, -0.2) is 4.39 Å². The molecule has 0 unspecified atom stereocenters. The second-order valence-electron chi connectivity index (χ2n) is 6.62. The third kappa shape index (κ3) is 5.01. The monoisotopic (exact) mass is 418 g/mol. The number of benzene rings is 2. The third-order valence-electron chi connectivity index (χ3n) is 4.65. The Morgan fingerprint density at radius 1 is 1.31 bits per heavy atom. The van der Waals surface area contributed by atoms with Crippen molar-refractivity contribution in [2.45, 2.75) is 19.8 Å². The highest BCUT2D eigenvalue weighted by Gasteiger charge is 2.19. The average molecular weight is 419 g/mol. The van der Waals surface area contributed by atoms with Gasteiger partial charge in [-0.3, -0.25) is 4.79 Å². The van der Waals surface area contributed by atoms with Gasteiger partial charge in [0, 0.05) is 19.2 Å². The molecule has 1 N–H and O–H groups in total. The number of rotatable bonds is 7. The Bertz CT molecular complexity index is 911. The molecule has 2 aromatic rings. The van der Waals surface area contributed by atoms with E-state index in [4.69, 9.17) is 21.1 Å². The van der Waals surface area contributed by atoms with Crippen LogP contribution in [0.5, 0.6) is 11.5 Å². The van der Waals surface area contributed by atoms with E-state index < -0.39 is 11.7 Å². The lowest BCUT2D eigenvalue weighted by Crippen LogP contribution is -2.21. The summed E-state index contributed by atoms with van der Waals surface area (Å²) in [5.74, 6) is 0.0474. The van der Waals surface area contributed by atoms with Gasteiger partial charge >= 0.3 is 0 Å². The Balaban J connectivity index is 1.78. The lowest BCUT2D eigenvalue weighted by molar-refractivity contribution is -0.111. The van der Waals surface area contributed by atoms with Crippen molar-refractivity contribution in [1.82, 2.24) is 0 Å². The van der Waals surface area contributed by atoms with Crippen LogP contribution in [-0.4, -0.2) is 32.7 Å². The largest absolute Gasteiger partial charge is 0.493 e. The van der Waals surface area contributed by atoms with Crippen molar-refractivity contribution < 1.29 is 18.7 Å². The standard InChI is InChI=1S/C22H24ClFN2O3/c1-3-29-22-16(23)13-15(14-19(22)28-2)9-10-20(27)25-21-17(24)7-6-8-18(21)26-11-4-5-12-26/h6-10,13-14H,3-5,11-12H2,1-2H3,(H,25,27)/b10-9+. The number of carbonyl (C=O) groups excluding carboxylic acids is 1. The van der Waals surface area contributed by atoms with Crippen LogP contribution in [0.2, 0.25) is 5.02 Å². The Kier molecular flexibility index (Phi) is 6.99. The molecule has 1 fully saturated rings. The number of hydrogen-bond donors (Lipinski definition) is 1. The van der Waals surface area contributed by atoms with Gasteiger partial charge in [-0.1, -0.05) is 17.7 Å². The maximum absolute atomic E-state index is 14.4. The van der Waals surface area contributed by atoms with Gasteiger partial charge in [-0.2, -0.15) is 0 Å². The van der Waals surface area contributed by atoms with Gasteiger partial charge in [0.05, 0.1) is 24.4 Å². The first kappa shape index (κ1) is 21.0. The molecule has 3 rings (SSSR count). The minimum absolute atomic E-state index is 0.200. The van der Waals surface area contributed by atoms with Gasteiger partial charge in [0.25, 0.3) is 0 Å². The van der Waals surface area contributed by atoms with Crippen LogP contribution in [0.4, 0.5) is 15.8 Å². The SMILES string of the molecule is CCOc1c(Cl)cc(/C=C/C(=O)Nc2c(F)cccc2N2CCCC2)cc1OC. The molecule has 7 heteroatoms. The summed E-state index contributed by atoms with van der Waals surface area (Å²) in [6.45, 7) is 4.02. The van der Waals surface area contributed by atoms with Gasteiger partial charge < -0.3 is 19.7 Å². The number of ether oxygens (including phenoxy) is 2. The maximum Gasteiger partial charge on any atom is 0.248 e. The zero-order valence-electron chi connectivity index (χ0n) is 16.5. The lowest BCUT2D eigenvalue weighted by Gasteiger charge is -2.21. The van der Waals surface area contributed by atoms with E-state index in [1.807, 2.05) is 13.0 Å². The summed E-state index contributed by atoms with van der Waals surface area (Å²) in [5, 5.41) is 3.06. The van der Waals surface area contributed by atoms with Gasteiger partial charge in [0.2, 0.25) is 5.91 Å². The fourth-order valence-corrected chi connectivity index (χ4v) is 3.59. The fourth-order valence-electron chi connectivity index (χ4n) is 3.32. The summed E-state index contributed by atoms with van der Waals surface area (Å²) in [5.41, 5.74) is 1.57. The minimum Gasteiger partial charge on any atom is -0.493 e. The number of nitrogens with zero attached hydrogens (tertiary/aromatic N) is 1. The second kappa shape index (κ2) is 9.65. The second-order valence-corrected chi connectivity index (χ2v) is 7.03. The van der Waals surface area contributed by atoms with Crippen molar-refractivity contribution in [3.63, 3.8) is 0 Å². The number of anilines is 2. The van der Waals surface area contributed by atoms with Gasteiger partial charge in [-0.15, -0.1) is 0 Å². The Hall–Kier alpha value is -2.73. The van der Waals surface area contributed by atoms with E-state index in [2.05, 4.69) is 10.2 Å². The molecule has 1 saturated heterocycles. The summed E-state index contributed by atoms with van der Waals surface area (Å²) in [4.78, 5) is 14.5. The van der Waals surface area contributed by atoms with Crippen LogP contribution < -0.4 is 19.7 Å². The van der Waals surface area contributed by atoms with Crippen molar-refractivity contribution in [1.29, 1.82) is 0 Å². The van der Waals surface area contributed by atoms with Crippen LogP contribution >= 0.6 is 11.6 Å². The molecular formula is C22H24ClFN2O3. The summed E-state index contributed by atoms with van der Waals surface area (Å²) in [7, 11) is 1.52. The van der Waals surface area contributed by atoms with Crippen molar-refractivity contribution in [3.05, 3.63) is 52.8 Å². The van der Waals surface area contributed by atoms with E-state index in [0.717, 1.165) is 25.9 Å². The molecule has 0 spiro atoms. The molecule has 0 radical (unpaired) electrons. The molecule has 0 aromatic heterocycles. The first-order chi connectivity index (χ1) is 14.0. The van der Waals surface area contributed by atoms with E-state index in [0.29, 0.717) is 34.4 Å². The molecule has 1 aliphatic rings. The van der Waals surface area contributed by atoms with E-state index in [1.165, 1.54) is 19.3 Å². The van der Waals surface area contributed by atoms with Crippen LogP contribution in [0.15, 0.2) is 36.4 Å². The molecule has 0 saturated carbocycles. The number of para-hydroxylation sites is 1. The molecule has 154 valence electrons. The van der Waals surface area contributed by atoms with Crippen LogP contribution in [0.1, 0.15) is 25.3 Å². The topological polar surface area (TPSA) is 50.8 Å². The number of amides is 1. The van der Waals surface area contributed by atoms with Crippen LogP contribution in [0.25, 0.3) is 6.08 Å². The molecule has 0 aliphatic carbocycles. The highest BCUT2D eigenvalue weighted by atomic mass is 35.5. The third-order valence-corrected chi connectivity index (χ3v) is 4.93. The number of methoxy groups -OCH3 is 1. The molecule has 1 heterocycles. The van der Waals surface area contributed by atoms with Crippen molar-refractivity contribution >= 4 is 35.0 Å². The van der Waals surface area contributed by atoms with E-state index >= 15 is 0 Å². The summed E-state index contributed by atoms with van der Waals surface area (Å²) >= 11 is 6.26. The Morgan fingerprint density at radius 2 is 2.07 bits per heavy atom. The van der Waals surface area contributed by atoms with Crippen LogP contribution in [0.3, 0.4) is 0 Å². The maximum atomic E-state index is 14.4. The summed E-state index contributed by atoms with van der Waals surface area (Å²) in [6, 6.07) is 8.22. The molecule has 2 aromatic carbocycles. The normalized spacial score (nSPS) is 13.7. The molecule has 1 amide bonds. The molecular weight excluding hydrogens is 395 g/mol. The smallest absolute Gasteiger partial charge is 0.248 e. The highest BCUT2D eigenvalue weighted by molar-refractivity contribution is 6.32. The quantitative estimate of drug-likeness (QED) is 0.632. The fraction of sp³-hybridized carbons (Fsp3) is 0.318. The van der Waals surface area contributed by atoms with Crippen molar-refractivity contribution in [2.75, 3.05) is 37.0 Å². The molecule has 5 nitrogen and oxygen atoms in total. The first-order valence-electron chi connectivity index (χ1n) is 9.56. The van der Waals surface area contributed by atoms with Crippen LogP contribution in [0, 0.1) is 5.82 Å². The summed E-state index contributed by atoms with van der Waals surface area (Å²) < 4.78 is 25.2. The minimum atomic E-state index is -0.457. The number of hydrogen-bond acceptors (Lipinski definition) is 4. The van der Waals surface area contributed by atoms with Gasteiger partial charge in [-0.05, 0) is 55.7 Å². The number of nitrogens with one attached hydrogen (secondary N) is 1. The highest BCUT2D eigenvalue weighted by Crippen LogP contribution is 2.37. The zero-order valence-corrected chi connectivity index (χ0v) is 17.3. The predicted molar refractivity (Wildman–Crippen MR) is 115 cm³/mol. The lowest BCUT2D eigenvalue weighted by atomic mass is 10.1. The average Bonchev–Trinajstić information content (AvgIpc) is 3.24. The van der Waals surface area contributed by atoms with E-state index in [-0.39, 0.29) is 5.69 Å². The van der Waals surface area contributed by atoms with Crippen molar-refractivity contribution in [2.24, 2.45) is 0 Å². The van der Waals surface area contributed by atoms with Crippen LogP contribution in [-0.2, 0) is 4.79 Å². The number of carbonyl (C=O) groups is 1. The van der Waals surface area contributed by atoms with E-state index in [1.54, 1.807) is 24.3 Å². The predicted octanol–water partition coefficient (Wildman–Crippen LogP) is 5.14. The Labute approximate surface area is 175 Å². The molecule has 1 aliphatic heterocycles. The van der Waals surface area contributed by atoms with Gasteiger partial charge in [0.1, 0.15) is 11.5 Å². The van der Waals surface area contributed by atoms with Crippen molar-refractivity contribution in [3.8, 4) is 11.5 Å². The van der Waals surface area contributed by atoms with E-state index in [9.17, 15) is 9.18 Å². The molecule has 0 atom stereocenters. The molecule has 0 bridgehead atoms. The first-order valence-corrected chi connectivity index (χ1v) is 9.94. The zero-order chi connectivity index (χ0) is 20.8.